The van der Waals surface area contributed by atoms with E-state index in [1.165, 1.54) is 0 Å². The van der Waals surface area contributed by atoms with E-state index >= 15 is 0 Å². The van der Waals surface area contributed by atoms with E-state index in [0.29, 0.717) is 40.0 Å². The monoisotopic (exact) mass is 359 g/mol. The molecular formula is C18H18ClN3OS. The van der Waals surface area contributed by atoms with Crippen LogP contribution >= 0.6 is 23.8 Å². The molecule has 1 atom stereocenters. The third kappa shape index (κ3) is 2.82. The molecule has 0 unspecified atom stereocenters. The highest BCUT2D eigenvalue weighted by Crippen LogP contribution is 2.33. The fourth-order valence-corrected chi connectivity index (χ4v) is 3.53. The van der Waals surface area contributed by atoms with Gasteiger partial charge < -0.3 is 10.5 Å². The second kappa shape index (κ2) is 6.56. The number of ether oxygens (including phenoxy) is 1. The molecule has 2 aromatic rings. The number of fused-ring (bicyclic) bond motifs is 1. The number of nitrogens with zero attached hydrogens (tertiary/aromatic N) is 2. The van der Waals surface area contributed by atoms with Crippen molar-refractivity contribution >= 4 is 29.6 Å². The lowest BCUT2D eigenvalue weighted by atomic mass is 9.91. The first kappa shape index (κ1) is 17.0. The number of nitrogens with two attached hydrogens (primary N) is 1. The molecule has 0 spiro atoms. The molecule has 0 bridgehead atoms. The number of pyridine rings is 1. The van der Waals surface area contributed by atoms with Gasteiger partial charge in [-0.1, -0.05) is 37.7 Å². The zero-order valence-corrected chi connectivity index (χ0v) is 15.1. The maximum absolute atomic E-state index is 9.67. The van der Waals surface area contributed by atoms with Crippen LogP contribution in [0, 0.1) is 21.9 Å². The van der Waals surface area contributed by atoms with Crippen LogP contribution in [0.4, 0.5) is 5.82 Å². The predicted octanol–water partition coefficient (Wildman–Crippen LogP) is 4.41. The zero-order valence-electron chi connectivity index (χ0n) is 13.5. The number of hydrogen-bond acceptors (Lipinski definition) is 4. The molecular weight excluding hydrogens is 342 g/mol. The Balaban J connectivity index is 2.23. The Labute approximate surface area is 151 Å². The van der Waals surface area contributed by atoms with Gasteiger partial charge in [0.1, 0.15) is 16.5 Å². The Morgan fingerprint density at radius 1 is 1.33 bits per heavy atom. The van der Waals surface area contributed by atoms with Crippen LogP contribution in [0.2, 0.25) is 5.02 Å². The molecule has 1 aliphatic rings. The van der Waals surface area contributed by atoms with Gasteiger partial charge in [0, 0.05) is 22.7 Å². The number of aromatic nitrogens is 1. The summed E-state index contributed by atoms with van der Waals surface area (Å²) in [5, 5.41) is 10.3. The van der Waals surface area contributed by atoms with Crippen molar-refractivity contribution in [3.8, 4) is 11.8 Å². The van der Waals surface area contributed by atoms with Gasteiger partial charge in [0.25, 0.3) is 0 Å². The van der Waals surface area contributed by atoms with Crippen LogP contribution in [0.15, 0.2) is 24.3 Å². The number of rotatable bonds is 2. The topological polar surface area (TPSA) is 64.0 Å². The van der Waals surface area contributed by atoms with Crippen molar-refractivity contribution in [1.29, 1.82) is 5.26 Å². The number of benzene rings is 1. The highest BCUT2D eigenvalue weighted by atomic mass is 35.5. The number of nitrogen functional groups attached to an aromatic ring is 1. The number of anilines is 1. The molecule has 2 heterocycles. The summed E-state index contributed by atoms with van der Waals surface area (Å²) in [4.78, 5) is 0. The lowest BCUT2D eigenvalue weighted by Gasteiger charge is -2.30. The van der Waals surface area contributed by atoms with Crippen LogP contribution in [0.3, 0.4) is 0 Å². The molecule has 1 aromatic heterocycles. The third-order valence-corrected chi connectivity index (χ3v) is 5.09. The molecule has 6 heteroatoms. The third-order valence-electron chi connectivity index (χ3n) is 4.41. The van der Waals surface area contributed by atoms with Crippen molar-refractivity contribution in [2.75, 3.05) is 5.73 Å². The summed E-state index contributed by atoms with van der Waals surface area (Å²) in [6, 6.07) is 9.48. The van der Waals surface area contributed by atoms with Crippen LogP contribution in [-0.4, -0.2) is 10.7 Å². The van der Waals surface area contributed by atoms with E-state index in [1.54, 1.807) is 16.7 Å². The minimum absolute atomic E-state index is 0.0739. The van der Waals surface area contributed by atoms with Crippen molar-refractivity contribution in [2.45, 2.75) is 33.0 Å². The second-order valence-electron chi connectivity index (χ2n) is 6.24. The first-order valence-electron chi connectivity index (χ1n) is 7.78. The van der Waals surface area contributed by atoms with Crippen molar-refractivity contribution < 1.29 is 4.74 Å². The van der Waals surface area contributed by atoms with E-state index in [4.69, 9.17) is 34.3 Å². The summed E-state index contributed by atoms with van der Waals surface area (Å²) in [6.45, 7) is 4.62. The molecule has 1 aliphatic heterocycles. The summed E-state index contributed by atoms with van der Waals surface area (Å²) in [6.07, 6.45) is 0.732. The van der Waals surface area contributed by atoms with E-state index in [1.807, 2.05) is 12.1 Å². The second-order valence-corrected chi connectivity index (χ2v) is 7.07. The van der Waals surface area contributed by atoms with Gasteiger partial charge in [-0.25, -0.2) is 0 Å². The molecule has 0 saturated carbocycles. The molecule has 24 heavy (non-hydrogen) atoms. The summed E-state index contributed by atoms with van der Waals surface area (Å²) in [5.74, 6) is 0.732. The SMILES string of the molecule is CC(C)[C@@H]1Cc2c(C#N)c(N)n(-c3ccc(Cl)cc3)c(=S)c2CO1. The highest BCUT2D eigenvalue weighted by Gasteiger charge is 2.28. The van der Waals surface area contributed by atoms with Crippen LogP contribution < -0.4 is 5.73 Å². The molecule has 0 amide bonds. The van der Waals surface area contributed by atoms with Crippen LogP contribution in [0.1, 0.15) is 30.5 Å². The van der Waals surface area contributed by atoms with Gasteiger partial charge in [-0.3, -0.25) is 4.57 Å². The molecule has 0 fully saturated rings. The standard InChI is InChI=1S/C18H18ClN3OS/c1-10(2)16-7-13-14(8-20)17(21)22(18(24)15(13)9-23-16)12-5-3-11(19)4-6-12/h3-6,10,16H,7,9,21H2,1-2H3/t16-/m0/s1. The van der Waals surface area contributed by atoms with E-state index in [-0.39, 0.29) is 6.10 Å². The van der Waals surface area contributed by atoms with Gasteiger partial charge in [-0.05, 0) is 35.7 Å². The van der Waals surface area contributed by atoms with Gasteiger partial charge in [0.2, 0.25) is 0 Å². The van der Waals surface area contributed by atoms with Crippen molar-refractivity contribution in [3.63, 3.8) is 0 Å². The van der Waals surface area contributed by atoms with E-state index in [0.717, 1.165) is 16.8 Å². The Kier molecular flexibility index (Phi) is 4.64. The number of halogens is 1. The quantitative estimate of drug-likeness (QED) is 0.806. The predicted molar refractivity (Wildman–Crippen MR) is 97.9 cm³/mol. The van der Waals surface area contributed by atoms with Crippen LogP contribution in [-0.2, 0) is 17.8 Å². The molecule has 4 nitrogen and oxygen atoms in total. The number of hydrogen-bond donors (Lipinski definition) is 1. The van der Waals surface area contributed by atoms with E-state index in [9.17, 15) is 5.26 Å². The maximum atomic E-state index is 9.67. The minimum Gasteiger partial charge on any atom is -0.384 e. The smallest absolute Gasteiger partial charge is 0.127 e. The summed E-state index contributed by atoms with van der Waals surface area (Å²) < 4.78 is 8.26. The van der Waals surface area contributed by atoms with Gasteiger partial charge in [-0.2, -0.15) is 5.26 Å². The normalized spacial score (nSPS) is 16.7. The first-order chi connectivity index (χ1) is 11.4. The van der Waals surface area contributed by atoms with E-state index in [2.05, 4.69) is 19.9 Å². The summed E-state index contributed by atoms with van der Waals surface area (Å²) in [7, 11) is 0. The Morgan fingerprint density at radius 2 is 2.00 bits per heavy atom. The fraction of sp³-hybridized carbons (Fsp3) is 0.333. The number of nitriles is 1. The Bertz CT molecular complexity index is 881. The molecule has 124 valence electrons. The van der Waals surface area contributed by atoms with Gasteiger partial charge >= 0.3 is 0 Å². The average Bonchev–Trinajstić information content (AvgIpc) is 2.56. The minimum atomic E-state index is 0.0739. The molecule has 0 aliphatic carbocycles. The van der Waals surface area contributed by atoms with Gasteiger partial charge in [0.05, 0.1) is 18.3 Å². The molecule has 1 aromatic carbocycles. The van der Waals surface area contributed by atoms with Crippen molar-refractivity contribution in [3.05, 3.63) is 50.6 Å². The summed E-state index contributed by atoms with van der Waals surface area (Å²) >= 11 is 11.6. The summed E-state index contributed by atoms with van der Waals surface area (Å²) in [5.41, 5.74) is 9.39. The lowest BCUT2D eigenvalue weighted by molar-refractivity contribution is -0.000853. The zero-order chi connectivity index (χ0) is 17.4. The Morgan fingerprint density at radius 3 is 2.58 bits per heavy atom. The van der Waals surface area contributed by atoms with Crippen LogP contribution in [0.5, 0.6) is 0 Å². The Hall–Kier alpha value is -1.87. The van der Waals surface area contributed by atoms with Crippen molar-refractivity contribution in [1.82, 2.24) is 4.57 Å². The van der Waals surface area contributed by atoms with Crippen molar-refractivity contribution in [2.24, 2.45) is 5.92 Å². The first-order valence-corrected chi connectivity index (χ1v) is 8.56. The van der Waals surface area contributed by atoms with Crippen LogP contribution in [0.25, 0.3) is 5.69 Å². The maximum Gasteiger partial charge on any atom is 0.127 e. The molecule has 0 saturated heterocycles. The highest BCUT2D eigenvalue weighted by molar-refractivity contribution is 7.71. The largest absolute Gasteiger partial charge is 0.384 e. The van der Waals surface area contributed by atoms with Gasteiger partial charge in [-0.15, -0.1) is 0 Å². The van der Waals surface area contributed by atoms with Gasteiger partial charge in [0.15, 0.2) is 0 Å². The average molecular weight is 360 g/mol. The lowest BCUT2D eigenvalue weighted by Crippen LogP contribution is -2.29. The molecule has 3 rings (SSSR count). The molecule has 0 radical (unpaired) electrons. The molecule has 2 N–H and O–H groups in total. The fourth-order valence-electron chi connectivity index (χ4n) is 3.01. The van der Waals surface area contributed by atoms with E-state index < -0.39 is 0 Å².